The predicted molar refractivity (Wildman–Crippen MR) is 120 cm³/mol. The van der Waals surface area contributed by atoms with Crippen LogP contribution in [-0.2, 0) is 9.47 Å². The van der Waals surface area contributed by atoms with Crippen LogP contribution in [0.2, 0.25) is 5.02 Å². The molecule has 0 radical (unpaired) electrons. The lowest BCUT2D eigenvalue weighted by Crippen LogP contribution is -2.36. The Morgan fingerprint density at radius 3 is 2.71 bits per heavy atom. The lowest BCUT2D eigenvalue weighted by molar-refractivity contribution is 0.0603. The Labute approximate surface area is 184 Å². The molecule has 4 aromatic rings. The number of carbonyl (C=O) groups excluding carboxylic acids is 1. The van der Waals surface area contributed by atoms with E-state index >= 15 is 0 Å². The van der Waals surface area contributed by atoms with Gasteiger partial charge in [-0.1, -0.05) is 23.7 Å². The maximum absolute atomic E-state index is 12.6. The van der Waals surface area contributed by atoms with Crippen LogP contribution in [0.5, 0.6) is 0 Å². The summed E-state index contributed by atoms with van der Waals surface area (Å²) in [7, 11) is 1.39. The van der Waals surface area contributed by atoms with E-state index in [2.05, 4.69) is 16.0 Å². The fourth-order valence-electron chi connectivity index (χ4n) is 4.11. The van der Waals surface area contributed by atoms with Crippen molar-refractivity contribution < 1.29 is 14.3 Å². The van der Waals surface area contributed by atoms with Crippen LogP contribution in [0.25, 0.3) is 27.6 Å². The standard InChI is InChI=1S/C23H21ClN4O3/c1-14-26-22-18(23(29)30-2)11-16(27-6-8-31-9-7-27)12-20(22)28(14)17-10-15-4-3-5-19(24)21(15)25-13-17/h3-5,10-13H,6-9H2,1-2H3. The fourth-order valence-corrected chi connectivity index (χ4v) is 4.34. The van der Waals surface area contributed by atoms with Crippen molar-refractivity contribution in [2.75, 3.05) is 38.3 Å². The topological polar surface area (TPSA) is 69.5 Å². The average molecular weight is 437 g/mol. The second-order valence-corrected chi connectivity index (χ2v) is 7.86. The van der Waals surface area contributed by atoms with E-state index in [9.17, 15) is 4.79 Å². The van der Waals surface area contributed by atoms with E-state index in [1.807, 2.05) is 41.8 Å². The number of aromatic nitrogens is 3. The second kappa shape index (κ2) is 7.83. The minimum atomic E-state index is -0.409. The van der Waals surface area contributed by atoms with Crippen molar-refractivity contribution in [3.05, 3.63) is 59.0 Å². The van der Waals surface area contributed by atoms with Crippen molar-refractivity contribution >= 4 is 45.2 Å². The lowest BCUT2D eigenvalue weighted by atomic mass is 10.1. The molecule has 0 atom stereocenters. The third kappa shape index (κ3) is 3.40. The van der Waals surface area contributed by atoms with Gasteiger partial charge in [0, 0.05) is 24.2 Å². The molecule has 7 nitrogen and oxygen atoms in total. The van der Waals surface area contributed by atoms with Crippen LogP contribution in [-0.4, -0.2) is 53.9 Å². The van der Waals surface area contributed by atoms with E-state index in [1.165, 1.54) is 7.11 Å². The van der Waals surface area contributed by atoms with Gasteiger partial charge in [-0.05, 0) is 31.2 Å². The van der Waals surface area contributed by atoms with Gasteiger partial charge in [-0.25, -0.2) is 9.78 Å². The molecule has 5 rings (SSSR count). The molecule has 3 heterocycles. The van der Waals surface area contributed by atoms with Gasteiger partial charge in [0.1, 0.15) is 11.3 Å². The number of hydrogen-bond donors (Lipinski definition) is 0. The van der Waals surface area contributed by atoms with Gasteiger partial charge in [0.05, 0.1) is 53.8 Å². The molecular weight excluding hydrogens is 416 g/mol. The molecule has 158 valence electrons. The number of aryl methyl sites for hydroxylation is 1. The largest absolute Gasteiger partial charge is 0.465 e. The molecule has 1 saturated heterocycles. The van der Waals surface area contributed by atoms with Crippen LogP contribution in [0.3, 0.4) is 0 Å². The Hall–Kier alpha value is -3.16. The summed E-state index contributed by atoms with van der Waals surface area (Å²) in [4.78, 5) is 24.1. The van der Waals surface area contributed by atoms with E-state index < -0.39 is 5.97 Å². The highest BCUT2D eigenvalue weighted by atomic mass is 35.5. The van der Waals surface area contributed by atoms with Gasteiger partial charge < -0.3 is 14.4 Å². The van der Waals surface area contributed by atoms with E-state index in [-0.39, 0.29) is 0 Å². The van der Waals surface area contributed by atoms with Crippen molar-refractivity contribution in [2.45, 2.75) is 6.92 Å². The summed E-state index contributed by atoms with van der Waals surface area (Å²) in [5, 5.41) is 1.54. The summed E-state index contributed by atoms with van der Waals surface area (Å²) in [6.07, 6.45) is 1.78. The zero-order valence-corrected chi connectivity index (χ0v) is 18.0. The number of benzene rings is 2. The number of morpholine rings is 1. The maximum atomic E-state index is 12.6. The van der Waals surface area contributed by atoms with Gasteiger partial charge in [-0.2, -0.15) is 0 Å². The molecule has 1 fully saturated rings. The van der Waals surface area contributed by atoms with Crippen molar-refractivity contribution in [1.29, 1.82) is 0 Å². The molecule has 31 heavy (non-hydrogen) atoms. The molecule has 0 spiro atoms. The summed E-state index contributed by atoms with van der Waals surface area (Å²) in [5.41, 5.74) is 4.41. The monoisotopic (exact) mass is 436 g/mol. The highest BCUT2D eigenvalue weighted by Gasteiger charge is 2.22. The molecule has 1 aliphatic heterocycles. The molecule has 0 aliphatic carbocycles. The van der Waals surface area contributed by atoms with E-state index in [1.54, 1.807) is 6.20 Å². The summed E-state index contributed by atoms with van der Waals surface area (Å²) < 4.78 is 12.6. The predicted octanol–water partition coefficient (Wildman–Crippen LogP) is 4.16. The fraction of sp³-hybridized carbons (Fsp3) is 0.261. The number of imidazole rings is 1. The smallest absolute Gasteiger partial charge is 0.340 e. The van der Waals surface area contributed by atoms with Crippen molar-refractivity contribution in [3.8, 4) is 5.69 Å². The van der Waals surface area contributed by atoms with Gasteiger partial charge in [0.15, 0.2) is 0 Å². The average Bonchev–Trinajstić information content (AvgIpc) is 3.14. The molecule has 0 unspecified atom stereocenters. The molecular formula is C23H21ClN4O3. The first-order valence-electron chi connectivity index (χ1n) is 10.1. The first kappa shape index (κ1) is 19.8. The number of rotatable bonds is 3. The molecule has 0 saturated carbocycles. The molecule has 2 aromatic heterocycles. The highest BCUT2D eigenvalue weighted by Crippen LogP contribution is 2.31. The van der Waals surface area contributed by atoms with Crippen molar-refractivity contribution in [2.24, 2.45) is 0 Å². The Bertz CT molecular complexity index is 1310. The summed E-state index contributed by atoms with van der Waals surface area (Å²) in [5.74, 6) is 0.343. The van der Waals surface area contributed by atoms with Crippen molar-refractivity contribution in [3.63, 3.8) is 0 Å². The number of carbonyl (C=O) groups is 1. The number of methoxy groups -OCH3 is 1. The van der Waals surface area contributed by atoms with Crippen LogP contribution >= 0.6 is 11.6 Å². The van der Waals surface area contributed by atoms with Crippen LogP contribution < -0.4 is 4.90 Å². The first-order valence-corrected chi connectivity index (χ1v) is 10.4. The third-order valence-electron chi connectivity index (χ3n) is 5.60. The quantitative estimate of drug-likeness (QED) is 0.449. The number of esters is 1. The van der Waals surface area contributed by atoms with Crippen LogP contribution in [0.4, 0.5) is 5.69 Å². The molecule has 0 N–H and O–H groups in total. The van der Waals surface area contributed by atoms with Crippen LogP contribution in [0.1, 0.15) is 16.2 Å². The van der Waals surface area contributed by atoms with Gasteiger partial charge in [0.25, 0.3) is 0 Å². The number of nitrogens with zero attached hydrogens (tertiary/aromatic N) is 4. The minimum Gasteiger partial charge on any atom is -0.465 e. The lowest BCUT2D eigenvalue weighted by Gasteiger charge is -2.29. The summed E-state index contributed by atoms with van der Waals surface area (Å²) >= 11 is 6.29. The zero-order valence-electron chi connectivity index (χ0n) is 17.3. The number of halogens is 1. The van der Waals surface area contributed by atoms with E-state index in [0.717, 1.165) is 46.7 Å². The first-order chi connectivity index (χ1) is 15.1. The number of pyridine rings is 1. The zero-order chi connectivity index (χ0) is 21.5. The highest BCUT2D eigenvalue weighted by molar-refractivity contribution is 6.35. The molecule has 0 amide bonds. The summed E-state index contributed by atoms with van der Waals surface area (Å²) in [6, 6.07) is 11.7. The van der Waals surface area contributed by atoms with Gasteiger partial charge in [-0.15, -0.1) is 0 Å². The number of anilines is 1. The maximum Gasteiger partial charge on any atom is 0.340 e. The minimum absolute atomic E-state index is 0.409. The number of fused-ring (bicyclic) bond motifs is 2. The number of ether oxygens (including phenoxy) is 2. The molecule has 0 bridgehead atoms. The van der Waals surface area contributed by atoms with Crippen LogP contribution in [0, 0.1) is 6.92 Å². The molecule has 1 aliphatic rings. The van der Waals surface area contributed by atoms with Crippen molar-refractivity contribution in [1.82, 2.24) is 14.5 Å². The molecule has 2 aromatic carbocycles. The third-order valence-corrected chi connectivity index (χ3v) is 5.90. The van der Waals surface area contributed by atoms with E-state index in [4.69, 9.17) is 26.1 Å². The summed E-state index contributed by atoms with van der Waals surface area (Å²) in [6.45, 7) is 4.74. The molecule has 8 heteroatoms. The van der Waals surface area contributed by atoms with Gasteiger partial charge >= 0.3 is 5.97 Å². The Kier molecular flexibility index (Phi) is 5.00. The van der Waals surface area contributed by atoms with E-state index in [0.29, 0.717) is 29.3 Å². The Morgan fingerprint density at radius 1 is 1.13 bits per heavy atom. The second-order valence-electron chi connectivity index (χ2n) is 7.45. The number of hydrogen-bond acceptors (Lipinski definition) is 6. The number of para-hydroxylation sites is 1. The Morgan fingerprint density at radius 2 is 1.94 bits per heavy atom. The Balaban J connectivity index is 1.75. The van der Waals surface area contributed by atoms with Gasteiger partial charge in [0.2, 0.25) is 0 Å². The van der Waals surface area contributed by atoms with Gasteiger partial charge in [-0.3, -0.25) is 9.55 Å². The SMILES string of the molecule is COC(=O)c1cc(N2CCOCC2)cc2c1nc(C)n2-c1cnc2c(Cl)cccc2c1. The van der Waals surface area contributed by atoms with Crippen LogP contribution in [0.15, 0.2) is 42.6 Å². The normalized spacial score (nSPS) is 14.4.